The second kappa shape index (κ2) is 12.1. The number of hydrogen-bond donors (Lipinski definition) is 2. The molecule has 0 bridgehead atoms. The molecule has 0 spiro atoms. The highest BCUT2D eigenvalue weighted by Crippen LogP contribution is 2.07. The predicted octanol–water partition coefficient (Wildman–Crippen LogP) is 3.94. The molecule has 0 unspecified atom stereocenters. The monoisotopic (exact) mass is 391 g/mol. The number of benzene rings is 3. The van der Waals surface area contributed by atoms with Crippen LogP contribution in [0.25, 0.3) is 0 Å². The van der Waals surface area contributed by atoms with Gasteiger partial charge in [-0.2, -0.15) is 0 Å². The zero-order valence-corrected chi connectivity index (χ0v) is 16.6. The lowest BCUT2D eigenvalue weighted by Gasteiger charge is -2.24. The fourth-order valence-corrected chi connectivity index (χ4v) is 3.02. The Balaban J connectivity index is 1.50. The van der Waals surface area contributed by atoms with Crippen LogP contribution in [0, 0.1) is 0 Å². The van der Waals surface area contributed by atoms with E-state index in [-0.39, 0.29) is 12.6 Å². The van der Waals surface area contributed by atoms with E-state index in [4.69, 9.17) is 9.47 Å². The summed E-state index contributed by atoms with van der Waals surface area (Å²) >= 11 is 0. The fraction of sp³-hybridized carbons (Fsp3) is 0.280. The molecular weight excluding hydrogens is 362 g/mol. The van der Waals surface area contributed by atoms with Crippen molar-refractivity contribution >= 4 is 0 Å². The van der Waals surface area contributed by atoms with E-state index in [9.17, 15) is 5.11 Å². The van der Waals surface area contributed by atoms with E-state index in [2.05, 4.69) is 17.4 Å². The largest absolute Gasteiger partial charge is 0.389 e. The normalized spacial score (nSPS) is 13.1. The molecule has 3 rings (SSSR count). The summed E-state index contributed by atoms with van der Waals surface area (Å²) < 4.78 is 11.6. The number of rotatable bonds is 12. The number of aliphatic hydroxyl groups is 1. The molecule has 0 aliphatic rings. The zero-order valence-electron chi connectivity index (χ0n) is 16.6. The van der Waals surface area contributed by atoms with Gasteiger partial charge in [-0.1, -0.05) is 91.0 Å². The molecule has 29 heavy (non-hydrogen) atoms. The molecule has 0 heterocycles. The van der Waals surface area contributed by atoms with Crippen LogP contribution in [0.4, 0.5) is 0 Å². The smallest absolute Gasteiger partial charge is 0.0948 e. The van der Waals surface area contributed by atoms with Gasteiger partial charge in [-0.25, -0.2) is 0 Å². The summed E-state index contributed by atoms with van der Waals surface area (Å²) in [6.07, 6.45) is -0.668. The van der Waals surface area contributed by atoms with Gasteiger partial charge in [-0.15, -0.1) is 0 Å². The van der Waals surface area contributed by atoms with Gasteiger partial charge < -0.3 is 19.9 Å². The number of hydrogen-bond acceptors (Lipinski definition) is 4. The first kappa shape index (κ1) is 21.2. The second-order valence-electron chi connectivity index (χ2n) is 7.04. The molecule has 2 N–H and O–H groups in total. The van der Waals surface area contributed by atoms with Crippen molar-refractivity contribution in [2.45, 2.75) is 31.9 Å². The van der Waals surface area contributed by atoms with Crippen molar-refractivity contribution in [3.05, 3.63) is 108 Å². The maximum atomic E-state index is 10.7. The Bertz CT molecular complexity index is 796. The molecule has 0 aromatic heterocycles. The minimum absolute atomic E-state index is 0.227. The molecule has 0 saturated carbocycles. The minimum Gasteiger partial charge on any atom is -0.389 e. The van der Waals surface area contributed by atoms with Crippen LogP contribution in [0.1, 0.15) is 16.7 Å². The third-order valence-electron chi connectivity index (χ3n) is 4.68. The molecular formula is C25H29NO3. The van der Waals surface area contributed by atoms with Crippen molar-refractivity contribution in [2.24, 2.45) is 0 Å². The molecule has 4 nitrogen and oxygen atoms in total. The Morgan fingerprint density at radius 3 is 1.59 bits per heavy atom. The van der Waals surface area contributed by atoms with E-state index in [1.807, 2.05) is 78.9 Å². The lowest BCUT2D eigenvalue weighted by Crippen LogP contribution is -2.45. The summed E-state index contributed by atoms with van der Waals surface area (Å²) in [6, 6.07) is 29.9. The quantitative estimate of drug-likeness (QED) is 0.491. The SMILES string of the molecule is O[C@H](COCc1ccccc1)[C@@H](COCc1ccccc1)NCc1ccccc1. The molecule has 0 aliphatic heterocycles. The summed E-state index contributed by atoms with van der Waals surface area (Å²) in [6.45, 7) is 2.31. The van der Waals surface area contributed by atoms with Crippen LogP contribution in [0.2, 0.25) is 0 Å². The molecule has 152 valence electrons. The van der Waals surface area contributed by atoms with Gasteiger partial charge in [-0.3, -0.25) is 0 Å². The fourth-order valence-electron chi connectivity index (χ4n) is 3.02. The average Bonchev–Trinajstić information content (AvgIpc) is 2.78. The van der Waals surface area contributed by atoms with Gasteiger partial charge in [0.15, 0.2) is 0 Å². The van der Waals surface area contributed by atoms with Gasteiger partial charge in [0.1, 0.15) is 0 Å². The van der Waals surface area contributed by atoms with Crippen molar-refractivity contribution in [2.75, 3.05) is 13.2 Å². The van der Waals surface area contributed by atoms with Crippen molar-refractivity contribution < 1.29 is 14.6 Å². The molecule has 0 amide bonds. The highest BCUT2D eigenvalue weighted by atomic mass is 16.5. The van der Waals surface area contributed by atoms with E-state index in [1.165, 1.54) is 0 Å². The van der Waals surface area contributed by atoms with Gasteiger partial charge in [-0.05, 0) is 16.7 Å². The predicted molar refractivity (Wildman–Crippen MR) is 115 cm³/mol. The average molecular weight is 392 g/mol. The molecule has 3 aromatic carbocycles. The highest BCUT2D eigenvalue weighted by molar-refractivity contribution is 5.15. The molecule has 0 fully saturated rings. The van der Waals surface area contributed by atoms with Gasteiger partial charge in [0.25, 0.3) is 0 Å². The van der Waals surface area contributed by atoms with Crippen LogP contribution in [0.3, 0.4) is 0 Å². The van der Waals surface area contributed by atoms with Gasteiger partial charge in [0.05, 0.1) is 38.6 Å². The Morgan fingerprint density at radius 2 is 1.07 bits per heavy atom. The first-order chi connectivity index (χ1) is 14.3. The van der Waals surface area contributed by atoms with E-state index < -0.39 is 6.10 Å². The first-order valence-corrected chi connectivity index (χ1v) is 10.00. The Hall–Kier alpha value is -2.50. The summed E-state index contributed by atoms with van der Waals surface area (Å²) in [7, 11) is 0. The Morgan fingerprint density at radius 1 is 0.621 bits per heavy atom. The molecule has 0 aliphatic carbocycles. The van der Waals surface area contributed by atoms with Crippen molar-refractivity contribution in [3.8, 4) is 0 Å². The first-order valence-electron chi connectivity index (χ1n) is 10.00. The summed E-state index contributed by atoms with van der Waals surface area (Å²) in [5.74, 6) is 0. The summed E-state index contributed by atoms with van der Waals surface area (Å²) in [5, 5.41) is 14.1. The number of nitrogens with one attached hydrogen (secondary N) is 1. The molecule has 0 saturated heterocycles. The van der Waals surface area contributed by atoms with E-state index >= 15 is 0 Å². The van der Waals surface area contributed by atoms with Crippen molar-refractivity contribution in [1.82, 2.24) is 5.32 Å². The van der Waals surface area contributed by atoms with Gasteiger partial charge in [0.2, 0.25) is 0 Å². The minimum atomic E-state index is -0.668. The standard InChI is InChI=1S/C25H29NO3/c27-25(20-29-18-23-14-8-3-9-15-23)24(26-16-21-10-4-1-5-11-21)19-28-17-22-12-6-2-7-13-22/h1-15,24-27H,16-20H2/t24-,25-/m1/s1. The topological polar surface area (TPSA) is 50.7 Å². The van der Waals surface area contributed by atoms with Gasteiger partial charge in [0, 0.05) is 6.54 Å². The van der Waals surface area contributed by atoms with Crippen LogP contribution in [-0.4, -0.2) is 30.5 Å². The number of aliphatic hydroxyl groups excluding tert-OH is 1. The van der Waals surface area contributed by atoms with Crippen LogP contribution in [0.15, 0.2) is 91.0 Å². The summed E-state index contributed by atoms with van der Waals surface area (Å²) in [5.41, 5.74) is 3.37. The van der Waals surface area contributed by atoms with E-state index in [1.54, 1.807) is 0 Å². The molecule has 3 aromatic rings. The van der Waals surface area contributed by atoms with Crippen LogP contribution >= 0.6 is 0 Å². The molecule has 4 heteroatoms. The van der Waals surface area contributed by atoms with E-state index in [0.29, 0.717) is 26.4 Å². The second-order valence-corrected chi connectivity index (χ2v) is 7.04. The molecule has 2 atom stereocenters. The van der Waals surface area contributed by atoms with Gasteiger partial charge >= 0.3 is 0 Å². The lowest BCUT2D eigenvalue weighted by molar-refractivity contribution is -0.0168. The zero-order chi connectivity index (χ0) is 20.2. The lowest BCUT2D eigenvalue weighted by atomic mass is 10.1. The number of ether oxygens (including phenoxy) is 2. The summed E-state index contributed by atoms with van der Waals surface area (Å²) in [4.78, 5) is 0. The Labute approximate surface area is 173 Å². The van der Waals surface area contributed by atoms with Crippen LogP contribution in [0.5, 0.6) is 0 Å². The highest BCUT2D eigenvalue weighted by Gasteiger charge is 2.19. The maximum absolute atomic E-state index is 10.7. The van der Waals surface area contributed by atoms with Crippen molar-refractivity contribution in [1.29, 1.82) is 0 Å². The Kier molecular flexibility index (Phi) is 8.88. The maximum Gasteiger partial charge on any atom is 0.0948 e. The third-order valence-corrected chi connectivity index (χ3v) is 4.68. The van der Waals surface area contributed by atoms with E-state index in [0.717, 1.165) is 16.7 Å². The van der Waals surface area contributed by atoms with Crippen LogP contribution < -0.4 is 5.32 Å². The van der Waals surface area contributed by atoms with Crippen LogP contribution in [-0.2, 0) is 29.2 Å². The molecule has 0 radical (unpaired) electrons. The third kappa shape index (κ3) is 7.80. The van der Waals surface area contributed by atoms with Crippen molar-refractivity contribution in [3.63, 3.8) is 0 Å².